The molecule has 1 heterocycles. The predicted molar refractivity (Wildman–Crippen MR) is 60.8 cm³/mol. The molecule has 0 amide bonds. The van der Waals surface area contributed by atoms with E-state index in [2.05, 4.69) is 9.68 Å². The van der Waals surface area contributed by atoms with Gasteiger partial charge in [0.1, 0.15) is 16.5 Å². The molecular weight excluding hydrogens is 277 g/mol. The molecule has 0 saturated heterocycles. The van der Waals surface area contributed by atoms with Crippen LogP contribution in [-0.4, -0.2) is 24.7 Å². The number of nitrogens with zero attached hydrogens (tertiary/aromatic N) is 1. The third-order valence-corrected chi connectivity index (χ3v) is 3.98. The number of hydrogen-bond donors (Lipinski definition) is 1. The van der Waals surface area contributed by atoms with Gasteiger partial charge in [-0.05, 0) is 18.2 Å². The first-order valence-corrected chi connectivity index (χ1v) is 6.70. The highest BCUT2D eigenvalue weighted by Gasteiger charge is 2.23. The Bertz CT molecular complexity index is 709. The monoisotopic (exact) mass is 285 g/mol. The number of carboxylic acids is 1. The molecular formula is C11H8FNO5S. The zero-order valence-electron chi connectivity index (χ0n) is 9.41. The minimum atomic E-state index is -4.04. The number of aromatic nitrogens is 1. The van der Waals surface area contributed by atoms with E-state index in [0.29, 0.717) is 0 Å². The second-order valence-electron chi connectivity index (χ2n) is 3.69. The standard InChI is InChI=1S/C11H8FNO5S/c12-9-2-1-7(11(14)15)5-10(9)19(16,17)6-8-3-4-13-18-8/h1-5H,6H2,(H,14,15). The number of rotatable bonds is 4. The van der Waals surface area contributed by atoms with Gasteiger partial charge >= 0.3 is 5.97 Å². The second kappa shape index (κ2) is 4.81. The average molecular weight is 285 g/mol. The van der Waals surface area contributed by atoms with Crippen molar-refractivity contribution in [2.24, 2.45) is 0 Å². The number of benzene rings is 1. The Labute approximate surface area is 107 Å². The van der Waals surface area contributed by atoms with Gasteiger partial charge in [-0.1, -0.05) is 5.16 Å². The average Bonchev–Trinajstić information content (AvgIpc) is 2.81. The first kappa shape index (κ1) is 13.2. The molecule has 100 valence electrons. The summed E-state index contributed by atoms with van der Waals surface area (Å²) in [5.74, 6) is -2.90. The van der Waals surface area contributed by atoms with Gasteiger partial charge in [-0.15, -0.1) is 0 Å². The van der Waals surface area contributed by atoms with Crippen molar-refractivity contribution < 1.29 is 27.2 Å². The van der Waals surface area contributed by atoms with Crippen LogP contribution in [0.15, 0.2) is 39.9 Å². The lowest BCUT2D eigenvalue weighted by Crippen LogP contribution is -2.09. The van der Waals surface area contributed by atoms with E-state index in [-0.39, 0.29) is 11.3 Å². The Morgan fingerprint density at radius 3 is 2.68 bits per heavy atom. The highest BCUT2D eigenvalue weighted by molar-refractivity contribution is 7.90. The number of halogens is 1. The molecule has 2 aromatic rings. The van der Waals surface area contributed by atoms with Crippen LogP contribution in [-0.2, 0) is 15.6 Å². The maximum atomic E-state index is 13.5. The molecule has 8 heteroatoms. The van der Waals surface area contributed by atoms with Gasteiger partial charge in [-0.2, -0.15) is 0 Å². The van der Waals surface area contributed by atoms with Crippen molar-refractivity contribution in [2.45, 2.75) is 10.6 Å². The van der Waals surface area contributed by atoms with E-state index in [9.17, 15) is 17.6 Å². The summed E-state index contributed by atoms with van der Waals surface area (Å²) in [5, 5.41) is 12.1. The van der Waals surface area contributed by atoms with Crippen LogP contribution in [0.3, 0.4) is 0 Å². The SMILES string of the molecule is O=C(O)c1ccc(F)c(S(=O)(=O)Cc2ccno2)c1. The Kier molecular flexibility index (Phi) is 3.34. The van der Waals surface area contributed by atoms with Crippen molar-refractivity contribution in [1.29, 1.82) is 0 Å². The number of hydrogen-bond acceptors (Lipinski definition) is 5. The predicted octanol–water partition coefficient (Wildman–Crippen LogP) is 1.49. The van der Waals surface area contributed by atoms with Gasteiger partial charge in [0.25, 0.3) is 0 Å². The molecule has 0 radical (unpaired) electrons. The van der Waals surface area contributed by atoms with E-state index in [0.717, 1.165) is 18.2 Å². The first-order chi connectivity index (χ1) is 8.90. The number of carboxylic acid groups (broad SMARTS) is 1. The second-order valence-corrected chi connectivity index (χ2v) is 5.65. The largest absolute Gasteiger partial charge is 0.478 e. The third-order valence-electron chi connectivity index (χ3n) is 2.34. The fourth-order valence-corrected chi connectivity index (χ4v) is 2.81. The maximum Gasteiger partial charge on any atom is 0.335 e. The molecule has 0 saturated carbocycles. The van der Waals surface area contributed by atoms with Gasteiger partial charge in [0.15, 0.2) is 15.6 Å². The van der Waals surface area contributed by atoms with Crippen molar-refractivity contribution in [2.75, 3.05) is 0 Å². The minimum Gasteiger partial charge on any atom is -0.478 e. The quantitative estimate of drug-likeness (QED) is 0.913. The van der Waals surface area contributed by atoms with Crippen LogP contribution >= 0.6 is 0 Å². The topological polar surface area (TPSA) is 97.5 Å². The van der Waals surface area contributed by atoms with Crippen molar-refractivity contribution in [3.05, 3.63) is 47.6 Å². The molecule has 0 fully saturated rings. The Morgan fingerprint density at radius 1 is 1.37 bits per heavy atom. The summed E-state index contributed by atoms with van der Waals surface area (Å²) in [5.41, 5.74) is -0.308. The molecule has 19 heavy (non-hydrogen) atoms. The smallest absolute Gasteiger partial charge is 0.335 e. The Morgan fingerprint density at radius 2 is 2.11 bits per heavy atom. The lowest BCUT2D eigenvalue weighted by molar-refractivity contribution is 0.0696. The van der Waals surface area contributed by atoms with Crippen molar-refractivity contribution in [3.63, 3.8) is 0 Å². The van der Waals surface area contributed by atoms with Gasteiger partial charge in [-0.3, -0.25) is 0 Å². The lowest BCUT2D eigenvalue weighted by atomic mass is 10.2. The lowest BCUT2D eigenvalue weighted by Gasteiger charge is -2.05. The molecule has 0 aliphatic carbocycles. The molecule has 1 N–H and O–H groups in total. The maximum absolute atomic E-state index is 13.5. The number of sulfone groups is 1. The number of aromatic carboxylic acids is 1. The highest BCUT2D eigenvalue weighted by atomic mass is 32.2. The van der Waals surface area contributed by atoms with Crippen molar-refractivity contribution >= 4 is 15.8 Å². The minimum absolute atomic E-state index is 0.0418. The van der Waals surface area contributed by atoms with Crippen LogP contribution in [0.2, 0.25) is 0 Å². The molecule has 0 bridgehead atoms. The van der Waals surface area contributed by atoms with Crippen LogP contribution in [0, 0.1) is 5.82 Å². The fourth-order valence-electron chi connectivity index (χ4n) is 1.46. The normalized spacial score (nSPS) is 11.4. The molecule has 2 rings (SSSR count). The summed E-state index contributed by atoms with van der Waals surface area (Å²) >= 11 is 0. The van der Waals surface area contributed by atoms with Gasteiger partial charge < -0.3 is 9.63 Å². The fraction of sp³-hybridized carbons (Fsp3) is 0.0909. The molecule has 0 atom stereocenters. The van der Waals surface area contributed by atoms with E-state index in [1.165, 1.54) is 12.3 Å². The van der Waals surface area contributed by atoms with Gasteiger partial charge in [0.2, 0.25) is 0 Å². The number of carbonyl (C=O) groups is 1. The summed E-state index contributed by atoms with van der Waals surface area (Å²) in [6.45, 7) is 0. The molecule has 0 spiro atoms. The van der Waals surface area contributed by atoms with Crippen LogP contribution in [0.25, 0.3) is 0 Å². The van der Waals surface area contributed by atoms with Crippen LogP contribution in [0.4, 0.5) is 4.39 Å². The summed E-state index contributed by atoms with van der Waals surface area (Å²) in [4.78, 5) is 10.1. The van der Waals surface area contributed by atoms with Crippen molar-refractivity contribution in [1.82, 2.24) is 5.16 Å². The first-order valence-electron chi connectivity index (χ1n) is 5.05. The van der Waals surface area contributed by atoms with Gasteiger partial charge in [-0.25, -0.2) is 17.6 Å². The van der Waals surface area contributed by atoms with Crippen molar-refractivity contribution in [3.8, 4) is 0 Å². The summed E-state index contributed by atoms with van der Waals surface area (Å²) in [6.07, 6.45) is 1.26. The summed E-state index contributed by atoms with van der Waals surface area (Å²) in [6, 6.07) is 3.90. The van der Waals surface area contributed by atoms with E-state index in [1.807, 2.05) is 0 Å². The van der Waals surface area contributed by atoms with Gasteiger partial charge in [0.05, 0.1) is 11.8 Å². The van der Waals surface area contributed by atoms with E-state index in [1.54, 1.807) is 0 Å². The molecule has 0 aliphatic rings. The molecule has 0 aliphatic heterocycles. The molecule has 1 aromatic carbocycles. The Balaban J connectivity index is 2.45. The summed E-state index contributed by atoms with van der Waals surface area (Å²) < 4.78 is 42.1. The van der Waals surface area contributed by atoms with Gasteiger partial charge in [0, 0.05) is 6.07 Å². The van der Waals surface area contributed by atoms with E-state index in [4.69, 9.17) is 5.11 Å². The zero-order valence-corrected chi connectivity index (χ0v) is 10.2. The van der Waals surface area contributed by atoms with Crippen LogP contribution < -0.4 is 0 Å². The summed E-state index contributed by atoms with van der Waals surface area (Å²) in [7, 11) is -4.04. The third kappa shape index (κ3) is 2.79. The molecule has 0 unspecified atom stereocenters. The molecule has 1 aromatic heterocycles. The Hall–Kier alpha value is -2.22. The molecule has 6 nitrogen and oxygen atoms in total. The van der Waals surface area contributed by atoms with E-state index < -0.39 is 32.3 Å². The van der Waals surface area contributed by atoms with E-state index >= 15 is 0 Å². The van der Waals surface area contributed by atoms with Crippen LogP contribution in [0.5, 0.6) is 0 Å². The zero-order chi connectivity index (χ0) is 14.0. The van der Waals surface area contributed by atoms with Crippen LogP contribution in [0.1, 0.15) is 16.1 Å². The highest BCUT2D eigenvalue weighted by Crippen LogP contribution is 2.21.